The molecule has 10 heteroatoms. The maximum atomic E-state index is 12.5. The molecule has 1 amide bonds. The van der Waals surface area contributed by atoms with Gasteiger partial charge in [-0.2, -0.15) is 8.78 Å². The lowest BCUT2D eigenvalue weighted by molar-refractivity contribution is -0.0498. The largest absolute Gasteiger partial charge is 0.435 e. The number of carbonyl (C=O) groups excluding carboxylic acids is 2. The minimum absolute atomic E-state index is 0.00310. The van der Waals surface area contributed by atoms with Crippen LogP contribution in [0.25, 0.3) is 0 Å². The third kappa shape index (κ3) is 6.93. The van der Waals surface area contributed by atoms with Gasteiger partial charge in [-0.05, 0) is 54.4 Å². The lowest BCUT2D eigenvalue weighted by atomic mass is 10.1. The molecule has 0 heterocycles. The molecule has 0 bridgehead atoms. The highest BCUT2D eigenvalue weighted by Crippen LogP contribution is 2.16. The number of halogens is 2. The van der Waals surface area contributed by atoms with Crippen molar-refractivity contribution in [3.63, 3.8) is 0 Å². The molecule has 2 N–H and O–H groups in total. The number of alkyl halides is 2. The fourth-order valence-electron chi connectivity index (χ4n) is 3.02. The minimum atomic E-state index is -3.78. The third-order valence-electron chi connectivity index (χ3n) is 4.83. The van der Waals surface area contributed by atoms with Crippen LogP contribution in [0.4, 0.5) is 8.78 Å². The van der Waals surface area contributed by atoms with Crippen LogP contribution in [-0.2, 0) is 23.1 Å². The van der Waals surface area contributed by atoms with Gasteiger partial charge >= 0.3 is 6.61 Å². The van der Waals surface area contributed by atoms with Gasteiger partial charge in [-0.3, -0.25) is 9.59 Å². The van der Waals surface area contributed by atoms with E-state index in [9.17, 15) is 26.8 Å². The van der Waals surface area contributed by atoms with E-state index in [1.807, 2.05) is 0 Å². The van der Waals surface area contributed by atoms with Crippen LogP contribution in [0.5, 0.6) is 5.75 Å². The average Bonchev–Trinajstić information content (AvgIpc) is 2.81. The first-order valence-corrected chi connectivity index (χ1v) is 11.6. The van der Waals surface area contributed by atoms with Gasteiger partial charge in [0.1, 0.15) is 5.75 Å². The van der Waals surface area contributed by atoms with Crippen molar-refractivity contribution in [1.82, 2.24) is 10.0 Å². The Balaban J connectivity index is 1.55. The van der Waals surface area contributed by atoms with E-state index in [0.29, 0.717) is 22.3 Å². The van der Waals surface area contributed by atoms with Crippen LogP contribution < -0.4 is 14.8 Å². The molecule has 0 radical (unpaired) electrons. The molecule has 0 spiro atoms. The molecular formula is C24H22F2N2O5S. The van der Waals surface area contributed by atoms with Crippen molar-refractivity contribution in [3.8, 4) is 5.75 Å². The first kappa shape index (κ1) is 25.0. The molecular weight excluding hydrogens is 466 g/mol. The number of sulfonamides is 1. The number of benzene rings is 3. The zero-order chi connectivity index (χ0) is 24.7. The summed E-state index contributed by atoms with van der Waals surface area (Å²) in [5.74, 6) is -0.531. The summed E-state index contributed by atoms with van der Waals surface area (Å²) in [6, 6.07) is 18.0. The summed E-state index contributed by atoms with van der Waals surface area (Å²) in [6.45, 7) is -1.41. The van der Waals surface area contributed by atoms with Crippen LogP contribution in [0.2, 0.25) is 0 Å². The van der Waals surface area contributed by atoms with Gasteiger partial charge < -0.3 is 10.1 Å². The van der Waals surface area contributed by atoms with Crippen molar-refractivity contribution in [2.45, 2.75) is 31.5 Å². The molecule has 0 atom stereocenters. The van der Waals surface area contributed by atoms with Crippen LogP contribution in [0, 0.1) is 0 Å². The number of carbonyl (C=O) groups is 2. The highest BCUT2D eigenvalue weighted by atomic mass is 32.2. The fourth-order valence-corrected chi connectivity index (χ4v) is 4.04. The lowest BCUT2D eigenvalue weighted by Gasteiger charge is -2.10. The number of hydrogen-bond acceptors (Lipinski definition) is 5. The number of rotatable bonds is 10. The molecule has 3 aromatic carbocycles. The second-order valence-corrected chi connectivity index (χ2v) is 9.08. The Kier molecular flexibility index (Phi) is 8.08. The molecule has 0 saturated carbocycles. The second-order valence-electron chi connectivity index (χ2n) is 7.31. The van der Waals surface area contributed by atoms with Gasteiger partial charge in [-0.1, -0.05) is 36.4 Å². The Morgan fingerprint density at radius 2 is 1.53 bits per heavy atom. The SMILES string of the molecule is CC(=O)c1ccc(S(=O)(=O)NCc2ccc(C(=O)NCc3cccc(OC(F)F)c3)cc2)cc1. The van der Waals surface area contributed by atoms with Crippen molar-refractivity contribution in [3.05, 3.63) is 95.1 Å². The van der Waals surface area contributed by atoms with Crippen molar-refractivity contribution in [1.29, 1.82) is 0 Å². The standard InChI is InChI=1S/C24H22F2N2O5S/c1-16(29)19-9-11-22(12-10-19)34(31,32)28-15-17-5-7-20(8-6-17)23(30)27-14-18-3-2-4-21(13-18)33-24(25)26/h2-13,24,28H,14-15H2,1H3,(H,27,30). The maximum absolute atomic E-state index is 12.5. The van der Waals surface area contributed by atoms with E-state index in [0.717, 1.165) is 0 Å². The molecule has 0 aliphatic carbocycles. The Morgan fingerprint density at radius 3 is 2.15 bits per heavy atom. The Bertz CT molecular complexity index is 1260. The summed E-state index contributed by atoms with van der Waals surface area (Å²) in [6.07, 6.45) is 0. The van der Waals surface area contributed by atoms with E-state index in [-0.39, 0.29) is 35.4 Å². The summed E-state index contributed by atoms with van der Waals surface area (Å²) in [4.78, 5) is 23.7. The van der Waals surface area contributed by atoms with Gasteiger partial charge in [0, 0.05) is 24.2 Å². The minimum Gasteiger partial charge on any atom is -0.435 e. The number of amides is 1. The van der Waals surface area contributed by atoms with Crippen LogP contribution in [0.15, 0.2) is 77.7 Å². The van der Waals surface area contributed by atoms with Gasteiger partial charge in [0.05, 0.1) is 4.90 Å². The number of Topliss-reactive ketones (excluding diaryl/α,β-unsaturated/α-hetero) is 1. The fraction of sp³-hybridized carbons (Fsp3) is 0.167. The highest BCUT2D eigenvalue weighted by molar-refractivity contribution is 7.89. The number of nitrogens with one attached hydrogen (secondary N) is 2. The number of ether oxygens (including phenoxy) is 1. The predicted octanol–water partition coefficient (Wildman–Crippen LogP) is 3.90. The number of hydrogen-bond donors (Lipinski definition) is 2. The van der Waals surface area contributed by atoms with Gasteiger partial charge in [0.2, 0.25) is 10.0 Å². The summed E-state index contributed by atoms with van der Waals surface area (Å²) < 4.78 is 56.4. The van der Waals surface area contributed by atoms with E-state index in [1.165, 1.54) is 43.3 Å². The van der Waals surface area contributed by atoms with E-state index in [2.05, 4.69) is 14.8 Å². The topological polar surface area (TPSA) is 102 Å². The first-order chi connectivity index (χ1) is 16.1. The van der Waals surface area contributed by atoms with E-state index >= 15 is 0 Å². The maximum Gasteiger partial charge on any atom is 0.387 e. The quantitative estimate of drug-likeness (QED) is 0.422. The Labute approximate surface area is 195 Å². The van der Waals surface area contributed by atoms with Gasteiger partial charge in [-0.25, -0.2) is 13.1 Å². The highest BCUT2D eigenvalue weighted by Gasteiger charge is 2.14. The van der Waals surface area contributed by atoms with E-state index in [4.69, 9.17) is 0 Å². The molecule has 7 nitrogen and oxygen atoms in total. The van der Waals surface area contributed by atoms with Gasteiger partial charge in [0.15, 0.2) is 5.78 Å². The van der Waals surface area contributed by atoms with E-state index < -0.39 is 16.6 Å². The van der Waals surface area contributed by atoms with E-state index in [1.54, 1.807) is 36.4 Å². The monoisotopic (exact) mass is 488 g/mol. The summed E-state index contributed by atoms with van der Waals surface area (Å²) >= 11 is 0. The molecule has 178 valence electrons. The van der Waals surface area contributed by atoms with Crippen molar-refractivity contribution < 1.29 is 31.5 Å². The molecule has 3 rings (SSSR count). The molecule has 0 saturated heterocycles. The third-order valence-corrected chi connectivity index (χ3v) is 6.25. The van der Waals surface area contributed by atoms with Gasteiger partial charge in [0.25, 0.3) is 5.91 Å². The van der Waals surface area contributed by atoms with Crippen molar-refractivity contribution >= 4 is 21.7 Å². The van der Waals surface area contributed by atoms with Crippen LogP contribution in [0.3, 0.4) is 0 Å². The second kappa shape index (κ2) is 11.0. The summed E-state index contributed by atoms with van der Waals surface area (Å²) in [7, 11) is -3.78. The van der Waals surface area contributed by atoms with Crippen LogP contribution in [-0.4, -0.2) is 26.7 Å². The first-order valence-electron chi connectivity index (χ1n) is 10.2. The van der Waals surface area contributed by atoms with Gasteiger partial charge in [-0.15, -0.1) is 0 Å². The van der Waals surface area contributed by atoms with Crippen molar-refractivity contribution in [2.24, 2.45) is 0 Å². The summed E-state index contributed by atoms with van der Waals surface area (Å²) in [5.41, 5.74) is 2.00. The smallest absolute Gasteiger partial charge is 0.387 e. The van der Waals surface area contributed by atoms with Crippen LogP contribution >= 0.6 is 0 Å². The number of ketones is 1. The molecule has 3 aromatic rings. The molecule has 0 unspecified atom stereocenters. The Hall–Kier alpha value is -3.63. The average molecular weight is 489 g/mol. The summed E-state index contributed by atoms with van der Waals surface area (Å²) in [5, 5.41) is 2.69. The zero-order valence-corrected chi connectivity index (χ0v) is 18.9. The molecule has 34 heavy (non-hydrogen) atoms. The zero-order valence-electron chi connectivity index (χ0n) is 18.1. The van der Waals surface area contributed by atoms with Crippen LogP contribution in [0.1, 0.15) is 38.8 Å². The molecule has 0 aliphatic heterocycles. The van der Waals surface area contributed by atoms with Crippen molar-refractivity contribution in [2.75, 3.05) is 0 Å². The molecule has 0 aliphatic rings. The molecule has 0 fully saturated rings. The molecule has 0 aromatic heterocycles. The predicted molar refractivity (Wildman–Crippen MR) is 121 cm³/mol. The normalized spacial score (nSPS) is 11.3. The Morgan fingerprint density at radius 1 is 0.882 bits per heavy atom. The lowest BCUT2D eigenvalue weighted by Crippen LogP contribution is -2.24.